The summed E-state index contributed by atoms with van der Waals surface area (Å²) >= 11 is 0. The lowest BCUT2D eigenvalue weighted by Crippen LogP contribution is -2.31. The van der Waals surface area contributed by atoms with E-state index in [2.05, 4.69) is 13.8 Å². The van der Waals surface area contributed by atoms with Crippen LogP contribution in [0, 0.1) is 0 Å². The maximum absolute atomic E-state index is 11.4. The molecule has 0 unspecified atom stereocenters. The molecule has 0 bridgehead atoms. The number of ether oxygens (including phenoxy) is 1. The average Bonchev–Trinajstić information content (AvgIpc) is 2.61. The van der Waals surface area contributed by atoms with E-state index in [1.54, 1.807) is 12.1 Å². The molecule has 0 atom stereocenters. The molecule has 0 aliphatic carbocycles. The maximum Gasteiger partial charge on any atom is 0.335 e. The van der Waals surface area contributed by atoms with Gasteiger partial charge in [0.25, 0.3) is 0 Å². The molecule has 26 heavy (non-hydrogen) atoms. The smallest absolute Gasteiger partial charge is 0.335 e. The second kappa shape index (κ2) is 6.83. The second-order valence-electron chi connectivity index (χ2n) is 6.72. The molecule has 1 aliphatic rings. The van der Waals surface area contributed by atoms with Gasteiger partial charge < -0.3 is 14.9 Å². The molecular weight excluding hydrogens is 332 g/mol. The fourth-order valence-corrected chi connectivity index (χ4v) is 4.05. The van der Waals surface area contributed by atoms with Crippen LogP contribution in [0.4, 0.5) is 0 Å². The first-order valence-corrected chi connectivity index (χ1v) is 8.86. The van der Waals surface area contributed by atoms with E-state index >= 15 is 0 Å². The van der Waals surface area contributed by atoms with Crippen molar-refractivity contribution in [2.75, 3.05) is 0 Å². The Morgan fingerprint density at radius 3 is 1.62 bits per heavy atom. The minimum atomic E-state index is -1.02. The Balaban J connectivity index is 2.26. The SMILES string of the molecule is CCCC1(CCC)c2ccc(C(=O)O)cc2Oc2cc(C(=O)O)ccc21. The fourth-order valence-electron chi connectivity index (χ4n) is 4.05. The van der Waals surface area contributed by atoms with Crippen molar-refractivity contribution < 1.29 is 24.5 Å². The zero-order valence-electron chi connectivity index (χ0n) is 14.9. The first kappa shape index (κ1) is 18.0. The third-order valence-corrected chi connectivity index (χ3v) is 5.06. The van der Waals surface area contributed by atoms with E-state index in [-0.39, 0.29) is 16.5 Å². The van der Waals surface area contributed by atoms with Gasteiger partial charge in [-0.3, -0.25) is 0 Å². The predicted octanol–water partition coefficient (Wildman–Crippen LogP) is 5.08. The first-order chi connectivity index (χ1) is 12.4. The Hall–Kier alpha value is -2.82. The third kappa shape index (κ3) is 2.83. The Bertz CT molecular complexity index is 797. The summed E-state index contributed by atoms with van der Waals surface area (Å²) in [5.41, 5.74) is 1.95. The van der Waals surface area contributed by atoms with E-state index in [1.807, 2.05) is 12.1 Å². The summed E-state index contributed by atoms with van der Waals surface area (Å²) in [6, 6.07) is 9.99. The highest BCUT2D eigenvalue weighted by atomic mass is 16.5. The second-order valence-corrected chi connectivity index (χ2v) is 6.72. The number of aromatic carboxylic acids is 2. The van der Waals surface area contributed by atoms with Crippen molar-refractivity contribution >= 4 is 11.9 Å². The predicted molar refractivity (Wildman–Crippen MR) is 97.5 cm³/mol. The van der Waals surface area contributed by atoms with Crippen LogP contribution in [-0.4, -0.2) is 22.2 Å². The average molecular weight is 354 g/mol. The van der Waals surface area contributed by atoms with Crippen LogP contribution in [0.3, 0.4) is 0 Å². The molecule has 1 heterocycles. The molecule has 2 aromatic rings. The Labute approximate surface area is 152 Å². The normalized spacial score (nSPS) is 14.1. The molecule has 0 amide bonds. The number of carbonyl (C=O) groups is 2. The Morgan fingerprint density at radius 2 is 1.27 bits per heavy atom. The molecule has 0 saturated heterocycles. The summed E-state index contributed by atoms with van der Waals surface area (Å²) in [6.45, 7) is 4.23. The molecular formula is C21H22O5. The van der Waals surface area contributed by atoms with E-state index in [0.717, 1.165) is 36.8 Å². The van der Waals surface area contributed by atoms with Gasteiger partial charge in [-0.1, -0.05) is 38.8 Å². The van der Waals surface area contributed by atoms with Gasteiger partial charge in [0, 0.05) is 16.5 Å². The summed E-state index contributed by atoms with van der Waals surface area (Å²) in [5, 5.41) is 18.6. The van der Waals surface area contributed by atoms with Crippen LogP contribution in [0.2, 0.25) is 0 Å². The minimum absolute atomic E-state index is 0.156. The maximum atomic E-state index is 11.4. The highest BCUT2D eigenvalue weighted by molar-refractivity contribution is 5.89. The van der Waals surface area contributed by atoms with Gasteiger partial charge in [-0.25, -0.2) is 9.59 Å². The Morgan fingerprint density at radius 1 is 0.846 bits per heavy atom. The van der Waals surface area contributed by atoms with Gasteiger partial charge in [-0.15, -0.1) is 0 Å². The lowest BCUT2D eigenvalue weighted by atomic mass is 9.66. The van der Waals surface area contributed by atoms with Gasteiger partial charge >= 0.3 is 11.9 Å². The fraction of sp³-hybridized carbons (Fsp3) is 0.333. The van der Waals surface area contributed by atoms with E-state index in [0.29, 0.717) is 11.5 Å². The van der Waals surface area contributed by atoms with Crippen LogP contribution < -0.4 is 4.74 Å². The molecule has 0 radical (unpaired) electrons. The van der Waals surface area contributed by atoms with Gasteiger partial charge in [0.15, 0.2) is 0 Å². The highest BCUT2D eigenvalue weighted by Gasteiger charge is 2.41. The van der Waals surface area contributed by atoms with Gasteiger partial charge in [-0.2, -0.15) is 0 Å². The van der Waals surface area contributed by atoms with Gasteiger partial charge in [0.2, 0.25) is 0 Å². The first-order valence-electron chi connectivity index (χ1n) is 8.86. The van der Waals surface area contributed by atoms with Crippen LogP contribution in [0.25, 0.3) is 0 Å². The number of carboxylic acid groups (broad SMARTS) is 2. The number of carboxylic acids is 2. The van der Waals surface area contributed by atoms with Crippen molar-refractivity contribution in [2.45, 2.75) is 44.9 Å². The monoisotopic (exact) mass is 354 g/mol. The van der Waals surface area contributed by atoms with E-state index in [1.165, 1.54) is 12.1 Å². The number of fused-ring (bicyclic) bond motifs is 2. The third-order valence-electron chi connectivity index (χ3n) is 5.06. The zero-order chi connectivity index (χ0) is 18.9. The van der Waals surface area contributed by atoms with Crippen LogP contribution >= 0.6 is 0 Å². The molecule has 0 spiro atoms. The molecule has 0 aromatic heterocycles. The van der Waals surface area contributed by atoms with Crippen molar-refractivity contribution in [1.82, 2.24) is 0 Å². The summed E-state index contributed by atoms with van der Waals surface area (Å²) in [5.74, 6) is -1.03. The molecule has 0 saturated carbocycles. The lowest BCUT2D eigenvalue weighted by Gasteiger charge is -2.40. The summed E-state index contributed by atoms with van der Waals surface area (Å²) in [6.07, 6.45) is 3.65. The molecule has 136 valence electrons. The number of benzene rings is 2. The van der Waals surface area contributed by atoms with Crippen LogP contribution in [-0.2, 0) is 5.41 Å². The standard InChI is InChI=1S/C21H22O5/c1-3-9-21(10-4-2)15-7-5-13(19(22)23)11-17(15)26-18-12-14(20(24)25)6-8-16(18)21/h5-8,11-12H,3-4,9-10H2,1-2H3,(H,22,23)(H,24,25). The topological polar surface area (TPSA) is 83.8 Å². The molecule has 5 nitrogen and oxygen atoms in total. The van der Waals surface area contributed by atoms with Crippen molar-refractivity contribution in [3.05, 3.63) is 58.7 Å². The number of hydrogen-bond acceptors (Lipinski definition) is 3. The largest absolute Gasteiger partial charge is 0.478 e. The molecule has 2 N–H and O–H groups in total. The zero-order valence-corrected chi connectivity index (χ0v) is 14.9. The van der Waals surface area contributed by atoms with E-state index in [9.17, 15) is 19.8 Å². The number of rotatable bonds is 6. The van der Waals surface area contributed by atoms with Gasteiger partial charge in [-0.05, 0) is 37.1 Å². The van der Waals surface area contributed by atoms with Gasteiger partial charge in [0.1, 0.15) is 11.5 Å². The van der Waals surface area contributed by atoms with Crippen molar-refractivity contribution in [1.29, 1.82) is 0 Å². The molecule has 3 rings (SSSR count). The molecule has 5 heteroatoms. The van der Waals surface area contributed by atoms with Gasteiger partial charge in [0.05, 0.1) is 11.1 Å². The van der Waals surface area contributed by atoms with E-state index in [4.69, 9.17) is 4.74 Å². The summed E-state index contributed by atoms with van der Waals surface area (Å²) < 4.78 is 5.98. The minimum Gasteiger partial charge on any atom is -0.478 e. The van der Waals surface area contributed by atoms with Crippen molar-refractivity contribution in [3.63, 3.8) is 0 Å². The van der Waals surface area contributed by atoms with E-state index < -0.39 is 11.9 Å². The highest BCUT2D eigenvalue weighted by Crippen LogP contribution is 2.53. The molecule has 0 fully saturated rings. The quantitative estimate of drug-likeness (QED) is 0.756. The van der Waals surface area contributed by atoms with Crippen LogP contribution in [0.15, 0.2) is 36.4 Å². The summed E-state index contributed by atoms with van der Waals surface area (Å²) in [4.78, 5) is 22.7. The van der Waals surface area contributed by atoms with Crippen LogP contribution in [0.5, 0.6) is 11.5 Å². The number of hydrogen-bond donors (Lipinski definition) is 2. The summed E-state index contributed by atoms with van der Waals surface area (Å²) in [7, 11) is 0. The lowest BCUT2D eigenvalue weighted by molar-refractivity contribution is 0.0686. The van der Waals surface area contributed by atoms with Crippen molar-refractivity contribution in [3.8, 4) is 11.5 Å². The molecule has 1 aliphatic heterocycles. The Kier molecular flexibility index (Phi) is 4.72. The van der Waals surface area contributed by atoms with Crippen molar-refractivity contribution in [2.24, 2.45) is 0 Å². The van der Waals surface area contributed by atoms with Crippen LogP contribution in [0.1, 0.15) is 71.4 Å². The molecule has 2 aromatic carbocycles.